The summed E-state index contributed by atoms with van der Waals surface area (Å²) in [4.78, 5) is 12.2. The Labute approximate surface area is 127 Å². The summed E-state index contributed by atoms with van der Waals surface area (Å²) in [5.74, 6) is -0.106. The number of nitrogens with one attached hydrogen (secondary N) is 1. The Morgan fingerprint density at radius 3 is 2.73 bits per heavy atom. The molecule has 110 valence electrons. The molecule has 0 atom stereocenters. The number of benzene rings is 2. The first-order valence-electron chi connectivity index (χ1n) is 6.98. The van der Waals surface area contributed by atoms with Crippen LogP contribution in [0.3, 0.4) is 0 Å². The third kappa shape index (κ3) is 3.35. The van der Waals surface area contributed by atoms with Gasteiger partial charge in [-0.15, -0.1) is 5.10 Å². The van der Waals surface area contributed by atoms with Crippen molar-refractivity contribution in [2.45, 2.75) is 6.42 Å². The maximum atomic E-state index is 12.2. The molecule has 1 heterocycles. The molecular formula is C16H15N5O. The zero-order chi connectivity index (χ0) is 15.2. The van der Waals surface area contributed by atoms with Gasteiger partial charge in [-0.25, -0.2) is 4.68 Å². The van der Waals surface area contributed by atoms with E-state index in [0.717, 1.165) is 12.1 Å². The molecule has 1 amide bonds. The first kappa shape index (κ1) is 13.9. The molecule has 6 nitrogen and oxygen atoms in total. The predicted octanol–water partition coefficient (Wildman–Crippen LogP) is 1.63. The van der Waals surface area contributed by atoms with Crippen molar-refractivity contribution < 1.29 is 4.79 Å². The van der Waals surface area contributed by atoms with Crippen molar-refractivity contribution in [1.82, 2.24) is 25.5 Å². The summed E-state index contributed by atoms with van der Waals surface area (Å²) in [5, 5.41) is 13.9. The number of tetrazole rings is 1. The van der Waals surface area contributed by atoms with Crippen LogP contribution in [-0.4, -0.2) is 32.7 Å². The molecule has 0 radical (unpaired) electrons. The number of hydrogen-bond acceptors (Lipinski definition) is 4. The molecule has 0 aliphatic heterocycles. The average Bonchev–Trinajstić information content (AvgIpc) is 3.10. The second kappa shape index (κ2) is 6.62. The third-order valence-electron chi connectivity index (χ3n) is 3.26. The summed E-state index contributed by atoms with van der Waals surface area (Å²) in [5.41, 5.74) is 2.53. The smallest absolute Gasteiger partial charge is 0.251 e. The number of amides is 1. The Hall–Kier alpha value is -3.02. The second-order valence-electron chi connectivity index (χ2n) is 4.80. The van der Waals surface area contributed by atoms with Crippen molar-refractivity contribution in [3.63, 3.8) is 0 Å². The molecule has 0 unspecified atom stereocenters. The van der Waals surface area contributed by atoms with Gasteiger partial charge in [0.1, 0.15) is 6.33 Å². The minimum atomic E-state index is -0.106. The number of carbonyl (C=O) groups is 1. The zero-order valence-corrected chi connectivity index (χ0v) is 11.9. The Morgan fingerprint density at radius 2 is 1.95 bits per heavy atom. The van der Waals surface area contributed by atoms with E-state index in [2.05, 4.69) is 20.8 Å². The quantitative estimate of drug-likeness (QED) is 0.776. The summed E-state index contributed by atoms with van der Waals surface area (Å²) >= 11 is 0. The Morgan fingerprint density at radius 1 is 1.09 bits per heavy atom. The van der Waals surface area contributed by atoms with Crippen LogP contribution >= 0.6 is 0 Å². The average molecular weight is 293 g/mol. The van der Waals surface area contributed by atoms with Crippen LogP contribution in [0.15, 0.2) is 60.9 Å². The molecule has 0 aliphatic rings. The molecule has 0 fully saturated rings. The third-order valence-corrected chi connectivity index (χ3v) is 3.26. The minimum absolute atomic E-state index is 0.106. The lowest BCUT2D eigenvalue weighted by molar-refractivity contribution is 0.0954. The summed E-state index contributed by atoms with van der Waals surface area (Å²) in [6, 6.07) is 17.2. The van der Waals surface area contributed by atoms with Crippen molar-refractivity contribution in [2.24, 2.45) is 0 Å². The van der Waals surface area contributed by atoms with Crippen molar-refractivity contribution in [2.75, 3.05) is 6.54 Å². The number of carbonyl (C=O) groups excluding carboxylic acids is 1. The monoisotopic (exact) mass is 293 g/mol. The van der Waals surface area contributed by atoms with E-state index in [4.69, 9.17) is 0 Å². The van der Waals surface area contributed by atoms with E-state index < -0.39 is 0 Å². The van der Waals surface area contributed by atoms with E-state index in [0.29, 0.717) is 12.1 Å². The van der Waals surface area contributed by atoms with Gasteiger partial charge in [-0.2, -0.15) is 0 Å². The number of aromatic nitrogens is 4. The topological polar surface area (TPSA) is 72.7 Å². The first-order valence-corrected chi connectivity index (χ1v) is 6.98. The van der Waals surface area contributed by atoms with Gasteiger partial charge in [0.25, 0.3) is 5.91 Å². The molecular weight excluding hydrogens is 278 g/mol. The fourth-order valence-corrected chi connectivity index (χ4v) is 2.14. The molecule has 0 saturated heterocycles. The Balaban J connectivity index is 1.62. The van der Waals surface area contributed by atoms with Crippen LogP contribution in [0.4, 0.5) is 0 Å². The van der Waals surface area contributed by atoms with Gasteiger partial charge in [0, 0.05) is 12.1 Å². The molecule has 6 heteroatoms. The number of rotatable bonds is 5. The lowest BCUT2D eigenvalue weighted by Gasteiger charge is -2.07. The van der Waals surface area contributed by atoms with Crippen LogP contribution in [-0.2, 0) is 6.42 Å². The summed E-state index contributed by atoms with van der Waals surface area (Å²) in [7, 11) is 0. The van der Waals surface area contributed by atoms with Gasteiger partial charge in [-0.05, 0) is 40.6 Å². The molecule has 22 heavy (non-hydrogen) atoms. The molecule has 0 bridgehead atoms. The Kier molecular flexibility index (Phi) is 4.20. The van der Waals surface area contributed by atoms with E-state index in [1.807, 2.05) is 42.5 Å². The molecule has 3 aromatic rings. The van der Waals surface area contributed by atoms with Gasteiger partial charge in [-0.1, -0.05) is 36.4 Å². The maximum absolute atomic E-state index is 12.2. The minimum Gasteiger partial charge on any atom is -0.352 e. The van der Waals surface area contributed by atoms with Crippen LogP contribution in [0, 0.1) is 0 Å². The van der Waals surface area contributed by atoms with Gasteiger partial charge in [0.2, 0.25) is 0 Å². The zero-order valence-electron chi connectivity index (χ0n) is 11.9. The normalized spacial score (nSPS) is 10.4. The summed E-state index contributed by atoms with van der Waals surface area (Å²) in [6.07, 6.45) is 2.30. The molecule has 0 aliphatic carbocycles. The molecule has 0 spiro atoms. The highest BCUT2D eigenvalue weighted by molar-refractivity contribution is 5.94. The lowest BCUT2D eigenvalue weighted by atomic mass is 10.1. The van der Waals surface area contributed by atoms with E-state index >= 15 is 0 Å². The highest BCUT2D eigenvalue weighted by atomic mass is 16.1. The van der Waals surface area contributed by atoms with E-state index in [-0.39, 0.29) is 5.91 Å². The second-order valence-corrected chi connectivity index (χ2v) is 4.80. The maximum Gasteiger partial charge on any atom is 0.251 e. The number of nitrogens with zero attached hydrogens (tertiary/aromatic N) is 4. The largest absolute Gasteiger partial charge is 0.352 e. The van der Waals surface area contributed by atoms with Gasteiger partial charge >= 0.3 is 0 Å². The van der Waals surface area contributed by atoms with E-state index in [1.165, 1.54) is 16.6 Å². The van der Waals surface area contributed by atoms with Gasteiger partial charge in [0.05, 0.1) is 5.69 Å². The molecule has 1 aromatic heterocycles. The highest BCUT2D eigenvalue weighted by Crippen LogP contribution is 2.08. The molecule has 3 rings (SSSR count). The van der Waals surface area contributed by atoms with E-state index in [9.17, 15) is 4.79 Å². The van der Waals surface area contributed by atoms with Crippen molar-refractivity contribution in [1.29, 1.82) is 0 Å². The van der Waals surface area contributed by atoms with Crippen molar-refractivity contribution in [3.05, 3.63) is 72.1 Å². The molecule has 2 aromatic carbocycles. The first-order chi connectivity index (χ1) is 10.8. The summed E-state index contributed by atoms with van der Waals surface area (Å²) < 4.78 is 1.51. The van der Waals surface area contributed by atoms with Gasteiger partial charge < -0.3 is 5.32 Å². The van der Waals surface area contributed by atoms with Crippen LogP contribution < -0.4 is 5.32 Å². The summed E-state index contributed by atoms with van der Waals surface area (Å²) in [6.45, 7) is 0.595. The molecule has 0 saturated carbocycles. The van der Waals surface area contributed by atoms with Crippen molar-refractivity contribution >= 4 is 5.91 Å². The van der Waals surface area contributed by atoms with Crippen LogP contribution in [0.25, 0.3) is 5.69 Å². The van der Waals surface area contributed by atoms with Gasteiger partial charge in [0.15, 0.2) is 0 Å². The number of hydrogen-bond donors (Lipinski definition) is 1. The molecule has 1 N–H and O–H groups in total. The van der Waals surface area contributed by atoms with Crippen LogP contribution in [0.5, 0.6) is 0 Å². The standard InChI is InChI=1S/C16H15N5O/c22-16(17-10-9-13-5-2-1-3-6-13)14-7-4-8-15(11-14)21-12-18-19-20-21/h1-8,11-12H,9-10H2,(H,17,22). The Bertz CT molecular complexity index is 740. The fraction of sp³-hybridized carbons (Fsp3) is 0.125. The lowest BCUT2D eigenvalue weighted by Crippen LogP contribution is -2.25. The highest BCUT2D eigenvalue weighted by Gasteiger charge is 2.07. The SMILES string of the molecule is O=C(NCCc1ccccc1)c1cccc(-n2cnnn2)c1. The van der Waals surface area contributed by atoms with Gasteiger partial charge in [-0.3, -0.25) is 4.79 Å². The van der Waals surface area contributed by atoms with Crippen molar-refractivity contribution in [3.8, 4) is 5.69 Å². The van der Waals surface area contributed by atoms with E-state index in [1.54, 1.807) is 12.1 Å². The van der Waals surface area contributed by atoms with Crippen LogP contribution in [0.2, 0.25) is 0 Å². The predicted molar refractivity (Wildman–Crippen MR) is 81.6 cm³/mol. The fourth-order valence-electron chi connectivity index (χ4n) is 2.14. The van der Waals surface area contributed by atoms with Crippen LogP contribution in [0.1, 0.15) is 15.9 Å².